The van der Waals surface area contributed by atoms with Gasteiger partial charge in [0.05, 0.1) is 16.4 Å². The van der Waals surface area contributed by atoms with Crippen LogP contribution < -0.4 is 5.32 Å². The Balaban J connectivity index is 1.81. The minimum absolute atomic E-state index is 0.00918. The summed E-state index contributed by atoms with van der Waals surface area (Å²) in [5.41, 5.74) is 0.890. The lowest BCUT2D eigenvalue weighted by Gasteiger charge is -2.36. The molecule has 0 spiro atoms. The highest BCUT2D eigenvalue weighted by atomic mass is 16.4. The van der Waals surface area contributed by atoms with Crippen LogP contribution >= 0.6 is 0 Å². The van der Waals surface area contributed by atoms with Crippen LogP contribution in [0.25, 0.3) is 11.0 Å². The number of carbonyl (C=O) groups is 2. The first-order chi connectivity index (χ1) is 10.6. The smallest absolute Gasteiger partial charge is 0.310 e. The molecule has 3 rings (SSSR count). The molecule has 0 saturated heterocycles. The molecule has 0 unspecified atom stereocenters. The van der Waals surface area contributed by atoms with Gasteiger partial charge in [0, 0.05) is 13.0 Å². The minimum atomic E-state index is -0.882. The third-order valence-electron chi connectivity index (χ3n) is 4.49. The van der Waals surface area contributed by atoms with Gasteiger partial charge >= 0.3 is 5.97 Å². The van der Waals surface area contributed by atoms with E-state index in [1.807, 2.05) is 35.8 Å². The molecule has 116 valence electrons. The molecule has 1 aliphatic rings. The third-order valence-corrected chi connectivity index (χ3v) is 4.49. The number of anilines is 1. The van der Waals surface area contributed by atoms with Gasteiger partial charge < -0.3 is 9.67 Å². The summed E-state index contributed by atoms with van der Waals surface area (Å²) in [6.07, 6.45) is 2.02. The van der Waals surface area contributed by atoms with Gasteiger partial charge in [-0.2, -0.15) is 0 Å². The molecule has 6 nitrogen and oxygen atoms in total. The summed E-state index contributed by atoms with van der Waals surface area (Å²) < 4.78 is 1.92. The van der Waals surface area contributed by atoms with Gasteiger partial charge in [-0.1, -0.05) is 18.6 Å². The number of aliphatic carboxylic acids is 1. The molecule has 1 aromatic carbocycles. The van der Waals surface area contributed by atoms with Gasteiger partial charge in [-0.25, -0.2) is 4.98 Å². The number of hydrogen-bond donors (Lipinski definition) is 2. The van der Waals surface area contributed by atoms with E-state index in [0.717, 1.165) is 17.5 Å². The highest BCUT2D eigenvalue weighted by Gasteiger charge is 2.46. The largest absolute Gasteiger partial charge is 0.481 e. The summed E-state index contributed by atoms with van der Waals surface area (Å²) in [4.78, 5) is 28.0. The molecule has 1 amide bonds. The number of imidazole rings is 1. The molecule has 0 bridgehead atoms. The number of nitrogens with zero attached hydrogens (tertiary/aromatic N) is 2. The molecular weight excluding hydrogens is 282 g/mol. The van der Waals surface area contributed by atoms with E-state index >= 15 is 0 Å². The number of fused-ring (bicyclic) bond motifs is 1. The maximum atomic E-state index is 12.2. The Hall–Kier alpha value is -2.37. The highest BCUT2D eigenvalue weighted by Crippen LogP contribution is 2.44. The Labute approximate surface area is 128 Å². The van der Waals surface area contributed by atoms with E-state index in [1.165, 1.54) is 0 Å². The van der Waals surface area contributed by atoms with Crippen LogP contribution in [0.5, 0.6) is 0 Å². The molecule has 1 aromatic heterocycles. The number of nitrogens with one attached hydrogen (secondary N) is 1. The fraction of sp³-hybridized carbons (Fsp3) is 0.438. The van der Waals surface area contributed by atoms with E-state index in [2.05, 4.69) is 10.3 Å². The van der Waals surface area contributed by atoms with Crippen molar-refractivity contribution in [2.75, 3.05) is 5.32 Å². The molecule has 0 aliphatic heterocycles. The number of para-hydroxylation sites is 2. The van der Waals surface area contributed by atoms with Gasteiger partial charge in [-0.15, -0.1) is 0 Å². The lowest BCUT2D eigenvalue weighted by atomic mass is 9.66. The number of aryl methyl sites for hydroxylation is 1. The summed E-state index contributed by atoms with van der Waals surface area (Å²) in [6, 6.07) is 7.66. The number of carbonyl (C=O) groups excluding carboxylic acids is 1. The third kappa shape index (κ3) is 2.34. The SMILES string of the molecule is CCn1c(NC(=O)CC2(C(=O)O)CCC2)nc2ccccc21. The molecule has 2 N–H and O–H groups in total. The quantitative estimate of drug-likeness (QED) is 0.889. The molecule has 1 aliphatic carbocycles. The van der Waals surface area contributed by atoms with Crippen molar-refractivity contribution < 1.29 is 14.7 Å². The van der Waals surface area contributed by atoms with Gasteiger partial charge in [0.15, 0.2) is 0 Å². The monoisotopic (exact) mass is 301 g/mol. The van der Waals surface area contributed by atoms with Crippen molar-refractivity contribution in [1.29, 1.82) is 0 Å². The van der Waals surface area contributed by atoms with Gasteiger partial charge in [-0.05, 0) is 31.9 Å². The van der Waals surface area contributed by atoms with E-state index < -0.39 is 11.4 Å². The molecule has 1 saturated carbocycles. The number of carboxylic acids is 1. The Bertz CT molecular complexity index is 731. The van der Waals surface area contributed by atoms with Crippen molar-refractivity contribution in [3.8, 4) is 0 Å². The van der Waals surface area contributed by atoms with Crippen LogP contribution in [-0.2, 0) is 16.1 Å². The first kappa shape index (κ1) is 14.6. The van der Waals surface area contributed by atoms with Crippen molar-refractivity contribution in [3.63, 3.8) is 0 Å². The van der Waals surface area contributed by atoms with Crippen molar-refractivity contribution in [3.05, 3.63) is 24.3 Å². The van der Waals surface area contributed by atoms with E-state index in [-0.39, 0.29) is 12.3 Å². The predicted molar refractivity (Wildman–Crippen MR) is 82.6 cm³/mol. The Morgan fingerprint density at radius 3 is 2.68 bits per heavy atom. The van der Waals surface area contributed by atoms with E-state index in [9.17, 15) is 14.7 Å². The van der Waals surface area contributed by atoms with Gasteiger partial charge in [0.1, 0.15) is 0 Å². The summed E-state index contributed by atoms with van der Waals surface area (Å²) in [6.45, 7) is 2.66. The molecule has 1 fully saturated rings. The molecule has 0 atom stereocenters. The fourth-order valence-corrected chi connectivity index (χ4v) is 3.04. The second kappa shape index (κ2) is 5.44. The van der Waals surface area contributed by atoms with Crippen LogP contribution in [-0.4, -0.2) is 26.5 Å². The van der Waals surface area contributed by atoms with Gasteiger partial charge in [0.25, 0.3) is 0 Å². The normalized spacial score (nSPS) is 16.2. The molecular formula is C16H19N3O3. The average Bonchev–Trinajstić information content (AvgIpc) is 2.79. The van der Waals surface area contributed by atoms with Crippen LogP contribution in [0.3, 0.4) is 0 Å². The average molecular weight is 301 g/mol. The zero-order chi connectivity index (χ0) is 15.7. The van der Waals surface area contributed by atoms with Crippen LogP contribution in [0, 0.1) is 5.41 Å². The molecule has 0 radical (unpaired) electrons. The van der Waals surface area contributed by atoms with Crippen molar-refractivity contribution in [2.45, 2.75) is 39.2 Å². The second-order valence-corrected chi connectivity index (χ2v) is 5.83. The topological polar surface area (TPSA) is 84.2 Å². The number of aromatic nitrogens is 2. The number of hydrogen-bond acceptors (Lipinski definition) is 3. The first-order valence-electron chi connectivity index (χ1n) is 7.54. The van der Waals surface area contributed by atoms with Crippen LogP contribution in [0.4, 0.5) is 5.95 Å². The van der Waals surface area contributed by atoms with Crippen molar-refractivity contribution in [1.82, 2.24) is 9.55 Å². The zero-order valence-corrected chi connectivity index (χ0v) is 12.5. The lowest BCUT2D eigenvalue weighted by Crippen LogP contribution is -2.41. The summed E-state index contributed by atoms with van der Waals surface area (Å²) >= 11 is 0. The summed E-state index contributed by atoms with van der Waals surface area (Å²) in [5.74, 6) is -0.682. The predicted octanol–water partition coefficient (Wildman–Crippen LogP) is 2.64. The van der Waals surface area contributed by atoms with E-state index in [4.69, 9.17) is 0 Å². The summed E-state index contributed by atoms with van der Waals surface area (Å²) in [7, 11) is 0. The Morgan fingerprint density at radius 2 is 2.09 bits per heavy atom. The van der Waals surface area contributed by atoms with Gasteiger partial charge in [0.2, 0.25) is 11.9 Å². The maximum absolute atomic E-state index is 12.2. The lowest BCUT2D eigenvalue weighted by molar-refractivity contribution is -0.157. The minimum Gasteiger partial charge on any atom is -0.481 e. The number of rotatable bonds is 5. The standard InChI is InChI=1S/C16H19N3O3/c1-2-19-12-7-4-3-6-11(12)17-15(19)18-13(20)10-16(14(21)22)8-5-9-16/h3-4,6-7H,2,5,8-10H2,1H3,(H,21,22)(H,17,18,20). The van der Waals surface area contributed by atoms with Crippen LogP contribution in [0.1, 0.15) is 32.6 Å². The summed E-state index contributed by atoms with van der Waals surface area (Å²) in [5, 5.41) is 12.1. The number of benzene rings is 1. The number of carboxylic acid groups (broad SMARTS) is 1. The molecule has 22 heavy (non-hydrogen) atoms. The van der Waals surface area contributed by atoms with Crippen LogP contribution in [0.2, 0.25) is 0 Å². The van der Waals surface area contributed by atoms with E-state index in [0.29, 0.717) is 25.3 Å². The van der Waals surface area contributed by atoms with Gasteiger partial charge in [-0.3, -0.25) is 14.9 Å². The zero-order valence-electron chi connectivity index (χ0n) is 12.5. The Kier molecular flexibility index (Phi) is 3.60. The first-order valence-corrected chi connectivity index (χ1v) is 7.54. The molecule has 6 heteroatoms. The number of amides is 1. The molecule has 2 aromatic rings. The second-order valence-electron chi connectivity index (χ2n) is 5.83. The Morgan fingerprint density at radius 1 is 1.36 bits per heavy atom. The van der Waals surface area contributed by atoms with Crippen LogP contribution in [0.15, 0.2) is 24.3 Å². The maximum Gasteiger partial charge on any atom is 0.310 e. The van der Waals surface area contributed by atoms with Crippen molar-refractivity contribution >= 4 is 28.9 Å². The van der Waals surface area contributed by atoms with E-state index in [1.54, 1.807) is 0 Å². The fourth-order valence-electron chi connectivity index (χ4n) is 3.04. The molecule has 1 heterocycles. The van der Waals surface area contributed by atoms with Crippen molar-refractivity contribution in [2.24, 2.45) is 5.41 Å². The highest BCUT2D eigenvalue weighted by molar-refractivity contribution is 5.94.